The minimum absolute atomic E-state index is 0. The van der Waals surface area contributed by atoms with Crippen LogP contribution < -0.4 is 24.0 Å². The Balaban J connectivity index is 0. The third kappa shape index (κ3) is 4.66. The van der Waals surface area contributed by atoms with Crippen LogP contribution in [0.25, 0.3) is 0 Å². The van der Waals surface area contributed by atoms with Crippen molar-refractivity contribution in [1.82, 2.24) is 0 Å². The van der Waals surface area contributed by atoms with Gasteiger partial charge in [-0.15, -0.1) is 0 Å². The molecule has 0 rings (SSSR count). The molecule has 0 aromatic carbocycles. The lowest BCUT2D eigenvalue weighted by atomic mass is 10.9. The van der Waals surface area contributed by atoms with E-state index < -0.39 is 11.2 Å². The van der Waals surface area contributed by atoms with E-state index in [0.717, 1.165) is 14.1 Å². The van der Waals surface area contributed by atoms with Crippen LogP contribution in [0.4, 0.5) is 8.87 Å². The van der Waals surface area contributed by atoms with E-state index in [4.69, 9.17) is 5.11 Å². The first kappa shape index (κ1) is 11.3. The third-order valence-electron chi connectivity index (χ3n) is 0.507. The summed E-state index contributed by atoms with van der Waals surface area (Å²) in [6, 6.07) is 0. The molecule has 52 valence electrons. The van der Waals surface area contributed by atoms with Gasteiger partial charge in [0.15, 0.2) is 0 Å². The van der Waals surface area contributed by atoms with E-state index in [0.29, 0.717) is 0 Å². The van der Waals surface area contributed by atoms with Crippen LogP contribution in [0.2, 0.25) is 0 Å². The normalized spacial score (nSPS) is 14.6. The van der Waals surface area contributed by atoms with Crippen molar-refractivity contribution in [3.05, 3.63) is 0 Å². The first-order valence-corrected chi connectivity index (χ1v) is 1.80. The van der Waals surface area contributed by atoms with Crippen molar-refractivity contribution in [3.8, 4) is 0 Å². The van der Waals surface area contributed by atoms with Crippen molar-refractivity contribution in [1.29, 1.82) is 0 Å². The zero-order valence-electron chi connectivity index (χ0n) is 4.61. The summed E-state index contributed by atoms with van der Waals surface area (Å²) in [5.74, 6) is 0. The van der Waals surface area contributed by atoms with Gasteiger partial charge in [-0.1, -0.05) is 4.71 Å². The number of halogens is 3. The van der Waals surface area contributed by atoms with Crippen LogP contribution in [0.15, 0.2) is 0 Å². The molecule has 2 nitrogen and oxygen atoms in total. The van der Waals surface area contributed by atoms with Crippen LogP contribution >= 0.6 is 0 Å². The summed E-state index contributed by atoms with van der Waals surface area (Å²) in [6.07, 6.45) is 0. The van der Waals surface area contributed by atoms with Crippen molar-refractivity contribution in [3.63, 3.8) is 0 Å². The van der Waals surface area contributed by atoms with Gasteiger partial charge in [0.2, 0.25) is 0 Å². The lowest BCUT2D eigenvalue weighted by Gasteiger charge is -2.13. The maximum atomic E-state index is 11.8. The van der Waals surface area contributed by atoms with Crippen molar-refractivity contribution in [2.45, 2.75) is 6.48 Å². The van der Waals surface area contributed by atoms with Crippen LogP contribution in [0.3, 0.4) is 0 Å². The Labute approximate surface area is 63.6 Å². The van der Waals surface area contributed by atoms with Gasteiger partial charge in [-0.2, -0.15) is 4.39 Å². The Kier molecular flexibility index (Phi) is 4.98. The minimum atomic E-state index is -2.43. The number of rotatable bonds is 1. The molecular formula is C3H8F2INO. The molecule has 0 saturated heterocycles. The predicted octanol–water partition coefficient (Wildman–Crippen LogP) is -2.80. The van der Waals surface area contributed by atoms with E-state index in [9.17, 15) is 8.87 Å². The largest absolute Gasteiger partial charge is 1.00 e. The second kappa shape index (κ2) is 3.52. The maximum absolute atomic E-state index is 11.8. The molecule has 0 heterocycles. The molecule has 0 aliphatic heterocycles. The average Bonchev–Trinajstić information content (AvgIpc) is 1.31. The van der Waals surface area contributed by atoms with Crippen molar-refractivity contribution in [2.24, 2.45) is 0 Å². The molecule has 0 bridgehead atoms. The Morgan fingerprint density at radius 2 is 1.62 bits per heavy atom. The molecule has 8 heavy (non-hydrogen) atoms. The second-order valence-corrected chi connectivity index (χ2v) is 1.71. The van der Waals surface area contributed by atoms with Crippen LogP contribution in [0.5, 0.6) is 0 Å². The number of quaternary nitrogens is 1. The molecule has 0 saturated carbocycles. The summed E-state index contributed by atoms with van der Waals surface area (Å²) < 4.78 is 21.6. The number of hydrogen-bond acceptors (Lipinski definition) is 1. The SMILES string of the molecule is C[N+](C)(F)C(O)F.[I-]. The number of nitrogens with zero attached hydrogens (tertiary/aromatic N) is 1. The van der Waals surface area contributed by atoms with Gasteiger partial charge in [-0.25, -0.2) is 0 Å². The van der Waals surface area contributed by atoms with Crippen LogP contribution in [-0.2, 0) is 0 Å². The molecule has 0 spiro atoms. The average molecular weight is 239 g/mol. The van der Waals surface area contributed by atoms with Gasteiger partial charge in [0.1, 0.15) is 14.1 Å². The monoisotopic (exact) mass is 239 g/mol. The topological polar surface area (TPSA) is 20.2 Å². The number of aliphatic hydroxyl groups excluding tert-OH is 1. The highest BCUT2D eigenvalue weighted by Gasteiger charge is 2.25. The van der Waals surface area contributed by atoms with E-state index in [1.807, 2.05) is 0 Å². The molecule has 0 aliphatic carbocycles. The lowest BCUT2D eigenvalue weighted by molar-refractivity contribution is -1.07. The molecular weight excluding hydrogens is 231 g/mol. The Morgan fingerprint density at radius 1 is 1.50 bits per heavy atom. The fourth-order valence-electron chi connectivity index (χ4n) is 0. The summed E-state index contributed by atoms with van der Waals surface area (Å²) in [7, 11) is 1.81. The first-order valence-electron chi connectivity index (χ1n) is 1.80. The third-order valence-corrected chi connectivity index (χ3v) is 0.507. The summed E-state index contributed by atoms with van der Waals surface area (Å²) in [5, 5.41) is 7.82. The van der Waals surface area contributed by atoms with Crippen molar-refractivity contribution in [2.75, 3.05) is 14.1 Å². The number of aliphatic hydroxyl groups is 1. The van der Waals surface area contributed by atoms with E-state index in [1.54, 1.807) is 0 Å². The molecule has 5 heteroatoms. The van der Waals surface area contributed by atoms with Crippen molar-refractivity contribution >= 4 is 0 Å². The van der Waals surface area contributed by atoms with Gasteiger partial charge in [0, 0.05) is 4.48 Å². The summed E-state index contributed by atoms with van der Waals surface area (Å²) in [6.45, 7) is -2.43. The molecule has 0 aliphatic rings. The van der Waals surface area contributed by atoms with Gasteiger partial charge in [0.05, 0.1) is 0 Å². The van der Waals surface area contributed by atoms with E-state index in [1.165, 1.54) is 0 Å². The quantitative estimate of drug-likeness (QED) is 0.227. The van der Waals surface area contributed by atoms with E-state index in [-0.39, 0.29) is 24.0 Å². The Hall–Kier alpha value is 0.510. The Morgan fingerprint density at radius 3 is 1.62 bits per heavy atom. The van der Waals surface area contributed by atoms with Gasteiger partial charge in [-0.05, 0) is 0 Å². The van der Waals surface area contributed by atoms with Gasteiger partial charge >= 0.3 is 6.48 Å². The molecule has 0 aromatic rings. The zero-order chi connectivity index (χ0) is 6.08. The molecule has 0 fully saturated rings. The maximum Gasteiger partial charge on any atom is 0.378 e. The minimum Gasteiger partial charge on any atom is -1.00 e. The number of alkyl halides is 1. The van der Waals surface area contributed by atoms with Crippen LogP contribution in [-0.4, -0.2) is 30.4 Å². The van der Waals surface area contributed by atoms with Gasteiger partial charge in [-0.3, -0.25) is 0 Å². The number of hydrogen-bond donors (Lipinski definition) is 1. The molecule has 1 unspecified atom stereocenters. The fourth-order valence-corrected chi connectivity index (χ4v) is 0. The van der Waals surface area contributed by atoms with E-state index in [2.05, 4.69) is 0 Å². The smallest absolute Gasteiger partial charge is 0.378 e. The summed E-state index contributed by atoms with van der Waals surface area (Å²) >= 11 is 0. The molecule has 0 amide bonds. The van der Waals surface area contributed by atoms with Crippen molar-refractivity contribution < 1.29 is 42.7 Å². The van der Waals surface area contributed by atoms with Crippen LogP contribution in [0.1, 0.15) is 0 Å². The highest BCUT2D eigenvalue weighted by Crippen LogP contribution is 2.03. The predicted molar refractivity (Wildman–Crippen MR) is 20.3 cm³/mol. The summed E-state index contributed by atoms with van der Waals surface area (Å²) in [5.41, 5.74) is 0. The molecule has 0 aromatic heterocycles. The second-order valence-electron chi connectivity index (χ2n) is 1.71. The molecule has 1 N–H and O–H groups in total. The zero-order valence-corrected chi connectivity index (χ0v) is 6.76. The Bertz CT molecular complexity index is 62.8. The highest BCUT2D eigenvalue weighted by molar-refractivity contribution is 3.98. The molecule has 1 atom stereocenters. The fraction of sp³-hybridized carbons (Fsp3) is 1.00. The van der Waals surface area contributed by atoms with Gasteiger partial charge < -0.3 is 29.1 Å². The first-order chi connectivity index (χ1) is 2.94. The summed E-state index contributed by atoms with van der Waals surface area (Å²) in [4.78, 5) is 0. The highest BCUT2D eigenvalue weighted by atomic mass is 127. The van der Waals surface area contributed by atoms with Crippen LogP contribution in [0, 0.1) is 0 Å². The van der Waals surface area contributed by atoms with Gasteiger partial charge in [0.25, 0.3) is 0 Å². The van der Waals surface area contributed by atoms with E-state index >= 15 is 0 Å². The lowest BCUT2D eigenvalue weighted by Crippen LogP contribution is -3.00. The molecule has 0 radical (unpaired) electrons. The standard InChI is InChI=1S/C3H8F2NO.HI/c1-6(2,5)3(4)7;/h3,7H,1-2H3;1H/q+1;/p-1.